The van der Waals surface area contributed by atoms with Gasteiger partial charge in [-0.05, 0) is 50.8 Å². The van der Waals surface area contributed by atoms with Crippen LogP contribution in [-0.4, -0.2) is 58.6 Å². The lowest BCUT2D eigenvalue weighted by Gasteiger charge is -2.68. The first-order valence-corrected chi connectivity index (χ1v) is 13.9. The molecule has 0 aromatic carbocycles. The molecule has 4 aliphatic carbocycles. The Morgan fingerprint density at radius 2 is 1.92 bits per heavy atom. The summed E-state index contributed by atoms with van der Waals surface area (Å²) in [6, 6.07) is 0. The summed E-state index contributed by atoms with van der Waals surface area (Å²) in [7, 11) is 0. The van der Waals surface area contributed by atoms with Gasteiger partial charge in [0.2, 0.25) is 0 Å². The van der Waals surface area contributed by atoms with Crippen molar-refractivity contribution in [2.45, 2.75) is 95.3 Å². The number of alkyl halides is 2. The molecule has 1 unspecified atom stereocenters. The summed E-state index contributed by atoms with van der Waals surface area (Å²) in [5.41, 5.74) is -5.23. The first-order chi connectivity index (χ1) is 18.2. The molecule has 0 N–H and O–H groups in total. The number of carbonyl (C=O) groups is 4. The van der Waals surface area contributed by atoms with Gasteiger partial charge in [0.1, 0.15) is 17.5 Å². The van der Waals surface area contributed by atoms with Gasteiger partial charge in [-0.2, -0.15) is 0 Å². The number of unbranched alkanes of at least 4 members (excludes halogenated alkanes) is 1. The van der Waals surface area contributed by atoms with E-state index in [4.69, 9.17) is 30.5 Å². The lowest BCUT2D eigenvalue weighted by molar-refractivity contribution is -0.359. The van der Waals surface area contributed by atoms with E-state index in [2.05, 4.69) is 0 Å². The molecule has 0 aromatic heterocycles. The monoisotopic (exact) mass is 564 g/mol. The maximum absolute atomic E-state index is 16.8. The molecule has 0 radical (unpaired) electrons. The minimum Gasteiger partial charge on any atom is -0.460 e. The number of carbonyl (C=O) groups excluding carboxylic acids is 4. The zero-order chi connectivity index (χ0) is 28.6. The molecule has 212 valence electrons. The van der Waals surface area contributed by atoms with Crippen LogP contribution in [0.25, 0.3) is 0 Å². The molecule has 2 saturated carbocycles. The second-order valence-corrected chi connectivity index (χ2v) is 12.3. The number of ether oxygens (including phenoxy) is 4. The number of esters is 2. The molecule has 0 spiro atoms. The van der Waals surface area contributed by atoms with Gasteiger partial charge in [0.25, 0.3) is 5.78 Å². The quantitative estimate of drug-likeness (QED) is 0.202. The van der Waals surface area contributed by atoms with Gasteiger partial charge >= 0.3 is 11.9 Å². The number of ketones is 2. The third-order valence-corrected chi connectivity index (χ3v) is 10.6. The van der Waals surface area contributed by atoms with Crippen molar-refractivity contribution in [2.75, 3.05) is 6.61 Å². The normalized spacial score (nSPS) is 43.9. The fourth-order valence-corrected chi connectivity index (χ4v) is 8.36. The molecule has 39 heavy (non-hydrogen) atoms. The first-order valence-electron chi connectivity index (χ1n) is 13.5. The highest BCUT2D eigenvalue weighted by Gasteiger charge is 2.83. The van der Waals surface area contributed by atoms with Crippen LogP contribution >= 0.6 is 11.6 Å². The minimum absolute atomic E-state index is 0.0935. The van der Waals surface area contributed by atoms with Crippen LogP contribution in [0.1, 0.15) is 66.7 Å². The molecule has 10 heteroatoms. The molecule has 2 bridgehead atoms. The van der Waals surface area contributed by atoms with Crippen LogP contribution in [0.5, 0.6) is 0 Å². The Hall–Kier alpha value is -2.36. The smallest absolute Gasteiger partial charge is 0.377 e. The molecule has 0 amide bonds. The predicted molar refractivity (Wildman–Crippen MR) is 137 cm³/mol. The van der Waals surface area contributed by atoms with Crippen LogP contribution in [0.3, 0.4) is 0 Å². The first kappa shape index (κ1) is 28.2. The number of halogens is 2. The molecular weight excluding hydrogens is 531 g/mol. The number of allylic oxidation sites excluding steroid dienone is 4. The van der Waals surface area contributed by atoms with Crippen LogP contribution in [0.4, 0.5) is 4.39 Å². The molecule has 5 aliphatic rings. The highest BCUT2D eigenvalue weighted by atomic mass is 35.5. The van der Waals surface area contributed by atoms with Crippen molar-refractivity contribution in [3.63, 3.8) is 0 Å². The second-order valence-electron chi connectivity index (χ2n) is 11.7. The summed E-state index contributed by atoms with van der Waals surface area (Å²) in [5.74, 6) is -3.65. The second kappa shape index (κ2) is 9.08. The Bertz CT molecular complexity index is 1240. The zero-order valence-electron chi connectivity index (χ0n) is 22.8. The van der Waals surface area contributed by atoms with Crippen LogP contribution in [0, 0.1) is 16.7 Å². The van der Waals surface area contributed by atoms with Crippen LogP contribution < -0.4 is 0 Å². The third-order valence-electron chi connectivity index (χ3n) is 9.76. The van der Waals surface area contributed by atoms with Crippen molar-refractivity contribution >= 4 is 35.1 Å². The Morgan fingerprint density at radius 3 is 2.59 bits per heavy atom. The van der Waals surface area contributed by atoms with Crippen molar-refractivity contribution in [1.29, 1.82) is 0 Å². The number of Topliss-reactive ketones (excluding diaryl/α,β-unsaturated/α-hetero) is 1. The summed E-state index contributed by atoms with van der Waals surface area (Å²) in [5, 5.41) is 0. The average Bonchev–Trinajstić information content (AvgIpc) is 2.98. The highest BCUT2D eigenvalue weighted by molar-refractivity contribution is 6.37. The Morgan fingerprint density at radius 1 is 1.21 bits per heavy atom. The summed E-state index contributed by atoms with van der Waals surface area (Å²) in [6.45, 7) is 8.31. The van der Waals surface area contributed by atoms with E-state index >= 15 is 4.39 Å². The van der Waals surface area contributed by atoms with Crippen LogP contribution in [0.15, 0.2) is 35.6 Å². The standard InChI is InChI=1S/C29H34ClFO8/c1-6-7-12-36-24(35)23(34)28-11-10-27(38-17(3)39-28)21-14-20(37-16(2)32)19-13-18(33)8-9-25(19,4)29(21,30)22(31)15-26(27,28)5/h8-9,13-14,17,21-22H,6-7,10-12,15H2,1-5H3/t17?,21-,22-,25-,26-,27+,28+,29-/m0/s1. The molecular formula is C29H34ClFO8. The molecule has 5 rings (SSSR count). The van der Waals surface area contributed by atoms with Gasteiger partial charge in [0.15, 0.2) is 12.1 Å². The predicted octanol–water partition coefficient (Wildman–Crippen LogP) is 4.44. The van der Waals surface area contributed by atoms with E-state index in [0.717, 1.165) is 6.42 Å². The van der Waals surface area contributed by atoms with Crippen molar-refractivity contribution in [3.8, 4) is 0 Å². The third kappa shape index (κ3) is 3.48. The van der Waals surface area contributed by atoms with Crippen molar-refractivity contribution in [1.82, 2.24) is 0 Å². The maximum atomic E-state index is 16.8. The van der Waals surface area contributed by atoms with Crippen LogP contribution in [-0.2, 0) is 38.1 Å². The van der Waals surface area contributed by atoms with Gasteiger partial charge in [-0.25, -0.2) is 9.18 Å². The molecule has 0 aromatic rings. The number of fused-ring (bicyclic) bond motifs is 3. The van der Waals surface area contributed by atoms with E-state index in [1.807, 2.05) is 6.92 Å². The summed E-state index contributed by atoms with van der Waals surface area (Å²) in [6.07, 6.45) is 4.59. The van der Waals surface area contributed by atoms with Crippen molar-refractivity contribution < 1.29 is 42.5 Å². The Kier molecular flexibility index (Phi) is 6.56. The largest absolute Gasteiger partial charge is 0.460 e. The van der Waals surface area contributed by atoms with E-state index in [-0.39, 0.29) is 37.4 Å². The topological polar surface area (TPSA) is 105 Å². The Balaban J connectivity index is 1.69. The lowest BCUT2D eigenvalue weighted by Crippen LogP contribution is -2.77. The van der Waals surface area contributed by atoms with E-state index in [9.17, 15) is 19.2 Å². The number of hydrogen-bond donors (Lipinski definition) is 0. The zero-order valence-corrected chi connectivity index (χ0v) is 23.6. The SMILES string of the molecule is CCCCOC(=O)C(=O)[C@@]12CC[C@@]3(OC(C)O1)[C@@H]1C=C(OC(C)=O)C4=CC(=O)C=C[C@]4(C)[C@@]1(Cl)[C@@H](F)C[C@]23C. The molecule has 1 saturated heterocycles. The van der Waals surface area contributed by atoms with E-state index in [1.54, 1.807) is 32.9 Å². The molecule has 1 aliphatic heterocycles. The summed E-state index contributed by atoms with van der Waals surface area (Å²) in [4.78, 5) is 49.6. The molecule has 1 heterocycles. The van der Waals surface area contributed by atoms with Crippen LogP contribution in [0.2, 0.25) is 0 Å². The van der Waals surface area contributed by atoms with Gasteiger partial charge in [-0.15, -0.1) is 11.6 Å². The fraction of sp³-hybridized carbons (Fsp3) is 0.655. The van der Waals surface area contributed by atoms with Gasteiger partial charge in [0, 0.05) is 29.2 Å². The number of rotatable bonds is 6. The molecule has 3 fully saturated rings. The molecule has 8 atom stereocenters. The van der Waals surface area contributed by atoms with Gasteiger partial charge < -0.3 is 18.9 Å². The van der Waals surface area contributed by atoms with Gasteiger partial charge in [0.05, 0.1) is 17.1 Å². The van der Waals surface area contributed by atoms with E-state index < -0.39 is 63.0 Å². The molecule has 8 nitrogen and oxygen atoms in total. The Labute approximate surface area is 231 Å². The van der Waals surface area contributed by atoms with E-state index in [0.29, 0.717) is 12.0 Å². The highest BCUT2D eigenvalue weighted by Crippen LogP contribution is 2.75. The van der Waals surface area contributed by atoms with Crippen molar-refractivity contribution in [3.05, 3.63) is 35.6 Å². The van der Waals surface area contributed by atoms with Crippen molar-refractivity contribution in [2.24, 2.45) is 16.7 Å². The lowest BCUT2D eigenvalue weighted by atomic mass is 9.45. The van der Waals surface area contributed by atoms with E-state index in [1.165, 1.54) is 19.1 Å². The fourth-order valence-electron chi connectivity index (χ4n) is 7.87. The van der Waals surface area contributed by atoms with Gasteiger partial charge in [-0.3, -0.25) is 14.4 Å². The maximum Gasteiger partial charge on any atom is 0.377 e. The van der Waals surface area contributed by atoms with Gasteiger partial charge in [-0.1, -0.05) is 33.3 Å². The average molecular weight is 565 g/mol. The summed E-state index contributed by atoms with van der Waals surface area (Å²) >= 11 is 7.42. The minimum atomic E-state index is -1.73. The number of hydrogen-bond acceptors (Lipinski definition) is 8. The summed E-state index contributed by atoms with van der Waals surface area (Å²) < 4.78 is 40.4.